The minimum atomic E-state index is 0.810. The summed E-state index contributed by atoms with van der Waals surface area (Å²) in [5, 5.41) is 1.80. The Labute approximate surface area is 127 Å². The molecule has 1 aliphatic carbocycles. The second-order valence-corrected chi connectivity index (χ2v) is 6.47. The average Bonchev–Trinajstić information content (AvgIpc) is 3.34. The number of ether oxygens (including phenoxy) is 1. The summed E-state index contributed by atoms with van der Waals surface area (Å²) in [5.41, 5.74) is 0.843. The van der Waals surface area contributed by atoms with Gasteiger partial charge in [-0.2, -0.15) is 0 Å². The number of benzene rings is 1. The summed E-state index contributed by atoms with van der Waals surface area (Å²) < 4.78 is 5.99. The van der Waals surface area contributed by atoms with Crippen molar-refractivity contribution < 1.29 is 4.74 Å². The lowest BCUT2D eigenvalue weighted by atomic mass is 10.2. The Morgan fingerprint density at radius 3 is 2.67 bits per heavy atom. The van der Waals surface area contributed by atoms with Crippen molar-refractivity contribution in [2.75, 3.05) is 0 Å². The Balaban J connectivity index is 1.59. The molecule has 1 saturated carbocycles. The summed E-state index contributed by atoms with van der Waals surface area (Å²) in [6.07, 6.45) is 7.94. The first-order valence-corrected chi connectivity index (χ1v) is 7.90. The molecule has 2 heterocycles. The van der Waals surface area contributed by atoms with Crippen LogP contribution in [0.25, 0.3) is 10.9 Å². The van der Waals surface area contributed by atoms with Crippen LogP contribution < -0.4 is 4.74 Å². The molecule has 104 valence electrons. The monoisotopic (exact) mass is 294 g/mol. The lowest BCUT2D eigenvalue weighted by molar-refractivity contribution is 0.487. The number of hydrogen-bond acceptors (Lipinski definition) is 4. The molecule has 1 fully saturated rings. The smallest absolute Gasteiger partial charge is 0.138 e. The summed E-state index contributed by atoms with van der Waals surface area (Å²) in [5.74, 6) is 1.66. The molecular formula is C17H14N2OS. The SMILES string of the molecule is c1cc2c(Oc3ccc(SC4CC4)cc3)ccnc2cn1. The molecular weight excluding hydrogens is 280 g/mol. The maximum absolute atomic E-state index is 5.99. The molecule has 3 aromatic rings. The fraction of sp³-hybridized carbons (Fsp3) is 0.176. The van der Waals surface area contributed by atoms with Gasteiger partial charge in [0.25, 0.3) is 0 Å². The second kappa shape index (κ2) is 5.37. The van der Waals surface area contributed by atoms with E-state index in [1.165, 1.54) is 17.7 Å². The first-order valence-electron chi connectivity index (χ1n) is 7.02. The first kappa shape index (κ1) is 12.7. The van der Waals surface area contributed by atoms with E-state index >= 15 is 0 Å². The molecule has 21 heavy (non-hydrogen) atoms. The van der Waals surface area contributed by atoms with E-state index in [9.17, 15) is 0 Å². The highest BCUT2D eigenvalue weighted by atomic mass is 32.2. The largest absolute Gasteiger partial charge is 0.457 e. The lowest BCUT2D eigenvalue weighted by Crippen LogP contribution is -1.88. The maximum Gasteiger partial charge on any atom is 0.138 e. The van der Waals surface area contributed by atoms with E-state index in [4.69, 9.17) is 4.74 Å². The van der Waals surface area contributed by atoms with Gasteiger partial charge in [-0.25, -0.2) is 0 Å². The number of rotatable bonds is 4. The van der Waals surface area contributed by atoms with E-state index in [-0.39, 0.29) is 0 Å². The molecule has 0 amide bonds. The molecule has 0 radical (unpaired) electrons. The minimum Gasteiger partial charge on any atom is -0.457 e. The zero-order chi connectivity index (χ0) is 14.1. The Morgan fingerprint density at radius 2 is 1.86 bits per heavy atom. The van der Waals surface area contributed by atoms with Crippen molar-refractivity contribution in [3.8, 4) is 11.5 Å². The van der Waals surface area contributed by atoms with Crippen molar-refractivity contribution in [2.24, 2.45) is 0 Å². The quantitative estimate of drug-likeness (QED) is 0.700. The van der Waals surface area contributed by atoms with Crippen LogP contribution >= 0.6 is 11.8 Å². The molecule has 0 saturated heterocycles. The van der Waals surface area contributed by atoms with Crippen molar-refractivity contribution in [1.82, 2.24) is 9.97 Å². The van der Waals surface area contributed by atoms with Gasteiger partial charge in [0.2, 0.25) is 0 Å². The molecule has 0 aliphatic heterocycles. The fourth-order valence-electron chi connectivity index (χ4n) is 2.15. The number of aromatic nitrogens is 2. The molecule has 4 heteroatoms. The van der Waals surface area contributed by atoms with Gasteiger partial charge in [0.15, 0.2) is 0 Å². The first-order chi connectivity index (χ1) is 10.4. The van der Waals surface area contributed by atoms with Gasteiger partial charge in [0.1, 0.15) is 11.5 Å². The van der Waals surface area contributed by atoms with Gasteiger partial charge in [-0.1, -0.05) is 0 Å². The number of pyridine rings is 2. The molecule has 0 bridgehead atoms. The predicted molar refractivity (Wildman–Crippen MR) is 84.9 cm³/mol. The van der Waals surface area contributed by atoms with Gasteiger partial charge in [0.05, 0.1) is 11.7 Å². The molecule has 0 N–H and O–H groups in total. The van der Waals surface area contributed by atoms with Gasteiger partial charge in [-0.3, -0.25) is 9.97 Å². The predicted octanol–water partition coefficient (Wildman–Crippen LogP) is 4.68. The van der Waals surface area contributed by atoms with Crippen LogP contribution in [-0.2, 0) is 0 Å². The van der Waals surface area contributed by atoms with E-state index in [1.54, 1.807) is 18.6 Å². The molecule has 0 atom stereocenters. The van der Waals surface area contributed by atoms with Crippen LogP contribution in [0.15, 0.2) is 59.9 Å². The Kier molecular flexibility index (Phi) is 3.24. The van der Waals surface area contributed by atoms with Crippen LogP contribution in [-0.4, -0.2) is 15.2 Å². The number of nitrogens with zero attached hydrogens (tertiary/aromatic N) is 2. The zero-order valence-corrected chi connectivity index (χ0v) is 12.2. The molecule has 2 aromatic heterocycles. The normalized spacial score (nSPS) is 14.3. The van der Waals surface area contributed by atoms with Gasteiger partial charge in [-0.15, -0.1) is 11.8 Å². The van der Waals surface area contributed by atoms with Gasteiger partial charge in [-0.05, 0) is 49.2 Å². The van der Waals surface area contributed by atoms with Crippen LogP contribution in [0.3, 0.4) is 0 Å². The van der Waals surface area contributed by atoms with Crippen molar-refractivity contribution in [3.05, 3.63) is 55.0 Å². The van der Waals surface area contributed by atoms with E-state index in [1.807, 2.05) is 36.0 Å². The second-order valence-electron chi connectivity index (χ2n) is 5.09. The van der Waals surface area contributed by atoms with Crippen LogP contribution in [0.2, 0.25) is 0 Å². The third-order valence-electron chi connectivity index (χ3n) is 3.38. The van der Waals surface area contributed by atoms with Gasteiger partial charge >= 0.3 is 0 Å². The van der Waals surface area contributed by atoms with E-state index in [2.05, 4.69) is 22.1 Å². The van der Waals surface area contributed by atoms with E-state index < -0.39 is 0 Å². The van der Waals surface area contributed by atoms with Crippen molar-refractivity contribution in [2.45, 2.75) is 23.0 Å². The fourth-order valence-corrected chi connectivity index (χ4v) is 3.20. The Bertz CT molecular complexity index is 764. The lowest BCUT2D eigenvalue weighted by Gasteiger charge is -2.08. The van der Waals surface area contributed by atoms with Crippen molar-refractivity contribution in [1.29, 1.82) is 0 Å². The van der Waals surface area contributed by atoms with E-state index in [0.29, 0.717) is 0 Å². The van der Waals surface area contributed by atoms with Crippen LogP contribution in [0.5, 0.6) is 11.5 Å². The van der Waals surface area contributed by atoms with Crippen LogP contribution in [0, 0.1) is 0 Å². The standard InChI is InChI=1S/C17H14N2OS/c1-3-13(21-14-5-6-14)4-2-12(1)20-17-8-10-19-16-11-18-9-7-15(16)17/h1-4,7-11,14H,5-6H2. The average molecular weight is 294 g/mol. The number of thioether (sulfide) groups is 1. The van der Waals surface area contributed by atoms with Gasteiger partial charge in [0, 0.05) is 27.9 Å². The van der Waals surface area contributed by atoms with Crippen LogP contribution in [0.4, 0.5) is 0 Å². The molecule has 4 rings (SSSR count). The summed E-state index contributed by atoms with van der Waals surface area (Å²) in [6.45, 7) is 0. The Morgan fingerprint density at radius 1 is 1.00 bits per heavy atom. The molecule has 0 spiro atoms. The zero-order valence-electron chi connectivity index (χ0n) is 11.4. The summed E-state index contributed by atoms with van der Waals surface area (Å²) in [7, 11) is 0. The number of fused-ring (bicyclic) bond motifs is 1. The van der Waals surface area contributed by atoms with Crippen molar-refractivity contribution >= 4 is 22.7 Å². The number of hydrogen-bond donors (Lipinski definition) is 0. The minimum absolute atomic E-state index is 0.810. The highest BCUT2D eigenvalue weighted by Crippen LogP contribution is 2.39. The third kappa shape index (κ3) is 2.85. The van der Waals surface area contributed by atoms with E-state index in [0.717, 1.165) is 27.7 Å². The van der Waals surface area contributed by atoms with Crippen LogP contribution in [0.1, 0.15) is 12.8 Å². The topological polar surface area (TPSA) is 35.0 Å². The third-order valence-corrected chi connectivity index (χ3v) is 4.73. The maximum atomic E-state index is 5.99. The molecule has 0 unspecified atom stereocenters. The summed E-state index contributed by atoms with van der Waals surface area (Å²) >= 11 is 1.95. The summed E-state index contributed by atoms with van der Waals surface area (Å²) in [4.78, 5) is 9.69. The Hall–Kier alpha value is -2.07. The van der Waals surface area contributed by atoms with Gasteiger partial charge < -0.3 is 4.74 Å². The summed E-state index contributed by atoms with van der Waals surface area (Å²) in [6, 6.07) is 12.1. The van der Waals surface area contributed by atoms with Crippen molar-refractivity contribution in [3.63, 3.8) is 0 Å². The highest BCUT2D eigenvalue weighted by Gasteiger charge is 2.22. The highest BCUT2D eigenvalue weighted by molar-refractivity contribution is 8.00. The molecule has 3 nitrogen and oxygen atoms in total. The molecule has 1 aromatic carbocycles. The molecule has 1 aliphatic rings.